The highest BCUT2D eigenvalue weighted by Gasteiger charge is 2.16. The van der Waals surface area contributed by atoms with Gasteiger partial charge in [-0.2, -0.15) is 5.10 Å². The van der Waals surface area contributed by atoms with E-state index < -0.39 is 0 Å². The van der Waals surface area contributed by atoms with E-state index in [1.54, 1.807) is 6.20 Å². The Balaban J connectivity index is 1.93. The van der Waals surface area contributed by atoms with E-state index in [4.69, 9.17) is 15.2 Å². The third kappa shape index (κ3) is 1.85. The minimum Gasteiger partial charge on any atom is -0.486 e. The smallest absolute Gasteiger partial charge is 0.161 e. The van der Waals surface area contributed by atoms with Crippen LogP contribution in [0.25, 0.3) is 0 Å². The summed E-state index contributed by atoms with van der Waals surface area (Å²) in [6.45, 7) is 1.18. The number of nitrogens with zero attached hydrogens (tertiary/aromatic N) is 1. The molecule has 0 saturated carbocycles. The Kier molecular flexibility index (Phi) is 2.45. The Morgan fingerprint density at radius 2 is 2.00 bits per heavy atom. The molecule has 3 rings (SSSR count). The summed E-state index contributed by atoms with van der Waals surface area (Å²) in [5.41, 5.74) is 7.97. The molecule has 1 atom stereocenters. The van der Waals surface area contributed by atoms with Gasteiger partial charge in [0.2, 0.25) is 0 Å². The summed E-state index contributed by atoms with van der Waals surface area (Å²) in [6, 6.07) is 7.38. The Hall–Kier alpha value is -2.01. The second kappa shape index (κ2) is 4.10. The van der Waals surface area contributed by atoms with Crippen LogP contribution < -0.4 is 15.2 Å². The SMILES string of the molecule is NC(c1ccc2c(c1)OCCO2)c1ccn[nH]1. The molecule has 0 radical (unpaired) electrons. The van der Waals surface area contributed by atoms with Crippen LogP contribution in [0.3, 0.4) is 0 Å². The Morgan fingerprint density at radius 3 is 2.76 bits per heavy atom. The van der Waals surface area contributed by atoms with Crippen molar-refractivity contribution in [2.45, 2.75) is 6.04 Å². The summed E-state index contributed by atoms with van der Waals surface area (Å²) in [7, 11) is 0. The maximum Gasteiger partial charge on any atom is 0.161 e. The van der Waals surface area contributed by atoms with Gasteiger partial charge in [-0.25, -0.2) is 0 Å². The molecular formula is C12H13N3O2. The maximum absolute atomic E-state index is 6.13. The molecule has 0 spiro atoms. The van der Waals surface area contributed by atoms with E-state index in [9.17, 15) is 0 Å². The Labute approximate surface area is 98.5 Å². The predicted octanol–water partition coefficient (Wildman–Crippen LogP) is 1.23. The van der Waals surface area contributed by atoms with Gasteiger partial charge in [-0.1, -0.05) is 6.07 Å². The second-order valence-corrected chi connectivity index (χ2v) is 3.89. The number of benzene rings is 1. The Bertz CT molecular complexity index is 510. The fraction of sp³-hybridized carbons (Fsp3) is 0.250. The molecule has 0 amide bonds. The number of nitrogens with two attached hydrogens (primary N) is 1. The maximum atomic E-state index is 6.13. The zero-order valence-electron chi connectivity index (χ0n) is 9.22. The number of fused-ring (bicyclic) bond motifs is 1. The second-order valence-electron chi connectivity index (χ2n) is 3.89. The van der Waals surface area contributed by atoms with E-state index in [2.05, 4.69) is 10.2 Å². The molecule has 1 aromatic carbocycles. The summed E-state index contributed by atoms with van der Waals surface area (Å²) >= 11 is 0. The van der Waals surface area contributed by atoms with Gasteiger partial charge in [-0.3, -0.25) is 5.10 Å². The molecule has 5 nitrogen and oxygen atoms in total. The number of hydrogen-bond acceptors (Lipinski definition) is 4. The van der Waals surface area contributed by atoms with Crippen LogP contribution in [0.1, 0.15) is 17.3 Å². The average molecular weight is 231 g/mol. The van der Waals surface area contributed by atoms with Gasteiger partial charge in [0.05, 0.1) is 11.7 Å². The van der Waals surface area contributed by atoms with Crippen molar-refractivity contribution in [1.82, 2.24) is 10.2 Å². The number of aromatic nitrogens is 2. The average Bonchev–Trinajstić information content (AvgIpc) is 2.91. The van der Waals surface area contributed by atoms with Crippen molar-refractivity contribution in [2.75, 3.05) is 13.2 Å². The number of ether oxygens (including phenoxy) is 2. The highest BCUT2D eigenvalue weighted by atomic mass is 16.6. The van der Waals surface area contributed by atoms with Gasteiger partial charge in [-0.15, -0.1) is 0 Å². The van der Waals surface area contributed by atoms with E-state index >= 15 is 0 Å². The van der Waals surface area contributed by atoms with Crippen molar-refractivity contribution in [1.29, 1.82) is 0 Å². The lowest BCUT2D eigenvalue weighted by Crippen LogP contribution is -2.17. The lowest BCUT2D eigenvalue weighted by atomic mass is 10.0. The molecule has 1 aliphatic heterocycles. The third-order valence-corrected chi connectivity index (χ3v) is 2.78. The molecule has 1 unspecified atom stereocenters. The number of rotatable bonds is 2. The van der Waals surface area contributed by atoms with Crippen molar-refractivity contribution < 1.29 is 9.47 Å². The summed E-state index contributed by atoms with van der Waals surface area (Å²) in [6.07, 6.45) is 1.69. The standard InChI is InChI=1S/C12H13N3O2/c13-12(9-3-4-14-15-9)8-1-2-10-11(7-8)17-6-5-16-10/h1-4,7,12H,5-6,13H2,(H,14,15). The van der Waals surface area contributed by atoms with Gasteiger partial charge in [0.1, 0.15) is 13.2 Å². The number of aromatic amines is 1. The number of hydrogen-bond donors (Lipinski definition) is 2. The van der Waals surface area contributed by atoms with Crippen LogP contribution in [0.5, 0.6) is 11.5 Å². The summed E-state index contributed by atoms with van der Waals surface area (Å²) in [5, 5.41) is 6.76. The zero-order chi connectivity index (χ0) is 11.7. The van der Waals surface area contributed by atoms with Crippen LogP contribution in [-0.2, 0) is 0 Å². The normalized spacial score (nSPS) is 15.6. The van der Waals surface area contributed by atoms with Crippen LogP contribution in [0.4, 0.5) is 0 Å². The molecule has 17 heavy (non-hydrogen) atoms. The van der Waals surface area contributed by atoms with Crippen LogP contribution in [-0.4, -0.2) is 23.4 Å². The first-order chi connectivity index (χ1) is 8.34. The first-order valence-corrected chi connectivity index (χ1v) is 5.49. The molecule has 0 saturated heterocycles. The summed E-state index contributed by atoms with van der Waals surface area (Å²) < 4.78 is 11.0. The van der Waals surface area contributed by atoms with E-state index in [1.165, 1.54) is 0 Å². The molecule has 1 aromatic heterocycles. The van der Waals surface area contributed by atoms with Gasteiger partial charge < -0.3 is 15.2 Å². The molecule has 0 bridgehead atoms. The van der Waals surface area contributed by atoms with Gasteiger partial charge in [-0.05, 0) is 23.8 Å². The minimum atomic E-state index is -0.228. The highest BCUT2D eigenvalue weighted by Crippen LogP contribution is 2.33. The van der Waals surface area contributed by atoms with Crippen LogP contribution in [0.2, 0.25) is 0 Å². The fourth-order valence-corrected chi connectivity index (χ4v) is 1.87. The van der Waals surface area contributed by atoms with E-state index in [1.807, 2.05) is 24.3 Å². The van der Waals surface area contributed by atoms with Gasteiger partial charge >= 0.3 is 0 Å². The highest BCUT2D eigenvalue weighted by molar-refractivity contribution is 5.45. The van der Waals surface area contributed by atoms with Crippen LogP contribution in [0.15, 0.2) is 30.5 Å². The molecule has 5 heteroatoms. The first-order valence-electron chi connectivity index (χ1n) is 5.49. The van der Waals surface area contributed by atoms with Crippen LogP contribution >= 0.6 is 0 Å². The predicted molar refractivity (Wildman–Crippen MR) is 62.1 cm³/mol. The van der Waals surface area contributed by atoms with Crippen molar-refractivity contribution in [3.8, 4) is 11.5 Å². The first kappa shape index (κ1) is 10.2. The number of H-pyrrole nitrogens is 1. The lowest BCUT2D eigenvalue weighted by molar-refractivity contribution is 0.171. The summed E-state index contributed by atoms with van der Waals surface area (Å²) in [5.74, 6) is 1.53. The molecule has 0 aliphatic carbocycles. The molecule has 2 heterocycles. The zero-order valence-corrected chi connectivity index (χ0v) is 9.22. The van der Waals surface area contributed by atoms with Gasteiger partial charge in [0, 0.05) is 6.20 Å². The topological polar surface area (TPSA) is 73.2 Å². The third-order valence-electron chi connectivity index (χ3n) is 2.78. The summed E-state index contributed by atoms with van der Waals surface area (Å²) in [4.78, 5) is 0. The van der Waals surface area contributed by atoms with Crippen molar-refractivity contribution in [3.63, 3.8) is 0 Å². The van der Waals surface area contributed by atoms with Crippen molar-refractivity contribution in [3.05, 3.63) is 41.7 Å². The van der Waals surface area contributed by atoms with Gasteiger partial charge in [0.15, 0.2) is 11.5 Å². The molecule has 2 aromatic rings. The lowest BCUT2D eigenvalue weighted by Gasteiger charge is -2.20. The van der Waals surface area contributed by atoms with Gasteiger partial charge in [0.25, 0.3) is 0 Å². The molecule has 3 N–H and O–H groups in total. The fourth-order valence-electron chi connectivity index (χ4n) is 1.87. The molecule has 0 fully saturated rings. The van der Waals surface area contributed by atoms with Crippen molar-refractivity contribution >= 4 is 0 Å². The number of nitrogens with one attached hydrogen (secondary N) is 1. The molecule has 88 valence electrons. The van der Waals surface area contributed by atoms with E-state index in [0.717, 1.165) is 22.8 Å². The quantitative estimate of drug-likeness (QED) is 0.815. The molecule has 1 aliphatic rings. The molecular weight excluding hydrogens is 218 g/mol. The Morgan fingerprint density at radius 1 is 1.18 bits per heavy atom. The van der Waals surface area contributed by atoms with E-state index in [0.29, 0.717) is 13.2 Å². The van der Waals surface area contributed by atoms with Crippen LogP contribution in [0, 0.1) is 0 Å². The largest absolute Gasteiger partial charge is 0.486 e. The van der Waals surface area contributed by atoms with Crippen molar-refractivity contribution in [2.24, 2.45) is 5.73 Å². The van der Waals surface area contributed by atoms with E-state index in [-0.39, 0.29) is 6.04 Å². The minimum absolute atomic E-state index is 0.228. The monoisotopic (exact) mass is 231 g/mol.